The lowest BCUT2D eigenvalue weighted by Crippen LogP contribution is -2.11. The third-order valence-electron chi connectivity index (χ3n) is 5.58. The van der Waals surface area contributed by atoms with Gasteiger partial charge in [-0.25, -0.2) is 0 Å². The molecule has 0 aliphatic carbocycles. The van der Waals surface area contributed by atoms with Crippen LogP contribution in [0, 0.1) is 13.8 Å². The summed E-state index contributed by atoms with van der Waals surface area (Å²) in [6.07, 6.45) is 1.92. The summed E-state index contributed by atoms with van der Waals surface area (Å²) in [5.41, 5.74) is 11.2. The zero-order valence-electron chi connectivity index (χ0n) is 18.5. The van der Waals surface area contributed by atoms with Crippen molar-refractivity contribution in [3.63, 3.8) is 0 Å². The van der Waals surface area contributed by atoms with Gasteiger partial charge in [-0.3, -0.25) is 4.98 Å². The minimum atomic E-state index is 0.114. The molecule has 4 aromatic rings. The van der Waals surface area contributed by atoms with Crippen molar-refractivity contribution in [1.29, 1.82) is 0 Å². The first kappa shape index (κ1) is 20.1. The van der Waals surface area contributed by atoms with E-state index < -0.39 is 0 Å². The topological polar surface area (TPSA) is 12.9 Å². The first-order valence-corrected chi connectivity index (χ1v) is 10.6. The lowest BCUT2D eigenvalue weighted by Gasteiger charge is -2.19. The maximum atomic E-state index is 4.61. The average molecular weight is 392 g/mol. The van der Waals surface area contributed by atoms with Crippen LogP contribution in [0.25, 0.3) is 33.5 Å². The van der Waals surface area contributed by atoms with Crippen molar-refractivity contribution in [1.82, 2.24) is 4.98 Å². The zero-order chi connectivity index (χ0) is 21.3. The number of hydrogen-bond acceptors (Lipinski definition) is 1. The first-order chi connectivity index (χ1) is 14.3. The maximum Gasteiger partial charge on any atom is 0.0704 e. The third-order valence-corrected chi connectivity index (χ3v) is 5.58. The lowest BCUT2D eigenvalue weighted by atomic mass is 9.87. The Bertz CT molecular complexity index is 1160. The minimum absolute atomic E-state index is 0.114. The number of pyridine rings is 1. The molecule has 1 nitrogen and oxygen atoms in total. The molecule has 1 aromatic heterocycles. The summed E-state index contributed by atoms with van der Waals surface area (Å²) >= 11 is 0. The number of aryl methyl sites for hydroxylation is 2. The molecule has 30 heavy (non-hydrogen) atoms. The van der Waals surface area contributed by atoms with Crippen LogP contribution in [0.5, 0.6) is 0 Å². The number of nitrogens with zero attached hydrogens (tertiary/aromatic N) is 1. The minimum Gasteiger partial charge on any atom is -0.256 e. The molecule has 0 aliphatic heterocycles. The number of aromatic nitrogens is 1. The highest BCUT2D eigenvalue weighted by atomic mass is 14.7. The second-order valence-electron chi connectivity index (χ2n) is 9.18. The van der Waals surface area contributed by atoms with E-state index in [-0.39, 0.29) is 5.41 Å². The molecule has 1 heteroatoms. The van der Waals surface area contributed by atoms with Crippen molar-refractivity contribution in [2.75, 3.05) is 0 Å². The third kappa shape index (κ3) is 4.21. The van der Waals surface area contributed by atoms with Crippen LogP contribution < -0.4 is 0 Å². The molecular formula is C29H29N. The molecule has 0 fully saturated rings. The standard InChI is InChI=1S/C29H29N/c1-20-16-21(2)18-24(17-20)27-9-7-6-8-26(27)22-10-12-23(13-11-22)28-19-25(14-15-30-28)29(3,4)5/h6-19H,1-5H3. The Morgan fingerprint density at radius 3 is 1.77 bits per heavy atom. The van der Waals surface area contributed by atoms with Gasteiger partial charge in [0.05, 0.1) is 5.69 Å². The molecule has 0 atom stereocenters. The van der Waals surface area contributed by atoms with E-state index in [0.29, 0.717) is 0 Å². The first-order valence-electron chi connectivity index (χ1n) is 10.6. The fourth-order valence-corrected chi connectivity index (χ4v) is 3.99. The number of benzene rings is 3. The molecule has 0 amide bonds. The van der Waals surface area contributed by atoms with Crippen LogP contribution in [0.1, 0.15) is 37.5 Å². The predicted octanol–water partition coefficient (Wildman–Crippen LogP) is 8.00. The van der Waals surface area contributed by atoms with Gasteiger partial charge in [-0.05, 0) is 59.2 Å². The molecule has 0 unspecified atom stereocenters. The highest BCUT2D eigenvalue weighted by molar-refractivity contribution is 5.84. The molecule has 0 radical (unpaired) electrons. The van der Waals surface area contributed by atoms with Gasteiger partial charge in [0.2, 0.25) is 0 Å². The molecular weight excluding hydrogens is 362 g/mol. The van der Waals surface area contributed by atoms with E-state index in [1.165, 1.54) is 38.9 Å². The SMILES string of the molecule is Cc1cc(C)cc(-c2ccccc2-c2ccc(-c3cc(C(C)(C)C)ccn3)cc2)c1. The van der Waals surface area contributed by atoms with Gasteiger partial charge in [0.25, 0.3) is 0 Å². The van der Waals surface area contributed by atoms with Crippen LogP contribution in [0.4, 0.5) is 0 Å². The Hall–Kier alpha value is -3.19. The summed E-state index contributed by atoms with van der Waals surface area (Å²) in [4.78, 5) is 4.61. The largest absolute Gasteiger partial charge is 0.256 e. The van der Waals surface area contributed by atoms with E-state index in [2.05, 4.69) is 118 Å². The van der Waals surface area contributed by atoms with E-state index in [1.54, 1.807) is 0 Å². The van der Waals surface area contributed by atoms with Crippen LogP contribution in [-0.2, 0) is 5.41 Å². The van der Waals surface area contributed by atoms with Gasteiger partial charge in [0.1, 0.15) is 0 Å². The zero-order valence-corrected chi connectivity index (χ0v) is 18.5. The average Bonchev–Trinajstić information content (AvgIpc) is 2.73. The lowest BCUT2D eigenvalue weighted by molar-refractivity contribution is 0.589. The van der Waals surface area contributed by atoms with Crippen molar-refractivity contribution in [3.8, 4) is 33.5 Å². The van der Waals surface area contributed by atoms with Crippen molar-refractivity contribution >= 4 is 0 Å². The maximum absolute atomic E-state index is 4.61. The smallest absolute Gasteiger partial charge is 0.0704 e. The van der Waals surface area contributed by atoms with E-state index in [9.17, 15) is 0 Å². The molecule has 0 saturated heterocycles. The summed E-state index contributed by atoms with van der Waals surface area (Å²) < 4.78 is 0. The molecule has 4 rings (SSSR count). The van der Waals surface area contributed by atoms with Crippen LogP contribution in [0.3, 0.4) is 0 Å². The highest BCUT2D eigenvalue weighted by Gasteiger charge is 2.15. The second-order valence-corrected chi connectivity index (χ2v) is 9.18. The second kappa shape index (κ2) is 7.91. The van der Waals surface area contributed by atoms with E-state index in [0.717, 1.165) is 11.3 Å². The van der Waals surface area contributed by atoms with Gasteiger partial charge in [0.15, 0.2) is 0 Å². The van der Waals surface area contributed by atoms with Gasteiger partial charge in [-0.15, -0.1) is 0 Å². The van der Waals surface area contributed by atoms with Gasteiger partial charge in [0, 0.05) is 11.8 Å². The monoisotopic (exact) mass is 391 g/mol. The van der Waals surface area contributed by atoms with Gasteiger partial charge in [-0.2, -0.15) is 0 Å². The summed E-state index contributed by atoms with van der Waals surface area (Å²) in [7, 11) is 0. The number of rotatable bonds is 3. The summed E-state index contributed by atoms with van der Waals surface area (Å²) in [6.45, 7) is 11.0. The highest BCUT2D eigenvalue weighted by Crippen LogP contribution is 2.34. The van der Waals surface area contributed by atoms with E-state index in [1.807, 2.05) is 6.20 Å². The fourth-order valence-electron chi connectivity index (χ4n) is 3.99. The van der Waals surface area contributed by atoms with Crippen LogP contribution in [0.15, 0.2) is 85.1 Å². The Balaban J connectivity index is 1.73. The van der Waals surface area contributed by atoms with Gasteiger partial charge < -0.3 is 0 Å². The molecule has 150 valence electrons. The van der Waals surface area contributed by atoms with Crippen molar-refractivity contribution in [2.45, 2.75) is 40.0 Å². The molecule has 0 aliphatic rings. The predicted molar refractivity (Wildman–Crippen MR) is 129 cm³/mol. The Kier molecular flexibility index (Phi) is 5.30. The summed E-state index contributed by atoms with van der Waals surface area (Å²) in [5.74, 6) is 0. The Morgan fingerprint density at radius 1 is 0.600 bits per heavy atom. The van der Waals surface area contributed by atoms with E-state index >= 15 is 0 Å². The summed E-state index contributed by atoms with van der Waals surface area (Å²) in [5, 5.41) is 0. The van der Waals surface area contributed by atoms with E-state index in [4.69, 9.17) is 0 Å². The molecule has 3 aromatic carbocycles. The van der Waals surface area contributed by atoms with Crippen molar-refractivity contribution in [2.24, 2.45) is 0 Å². The Morgan fingerprint density at radius 2 is 1.17 bits per heavy atom. The Labute approximate surface area is 180 Å². The van der Waals surface area contributed by atoms with Gasteiger partial charge in [-0.1, -0.05) is 98.6 Å². The fraction of sp³-hybridized carbons (Fsp3) is 0.207. The molecule has 1 heterocycles. The van der Waals surface area contributed by atoms with Crippen LogP contribution >= 0.6 is 0 Å². The summed E-state index contributed by atoms with van der Waals surface area (Å²) in [6, 6.07) is 28.5. The molecule has 0 N–H and O–H groups in total. The molecule has 0 bridgehead atoms. The van der Waals surface area contributed by atoms with Crippen molar-refractivity contribution in [3.05, 3.63) is 102 Å². The molecule has 0 saturated carbocycles. The normalized spacial score (nSPS) is 11.5. The molecule has 0 spiro atoms. The van der Waals surface area contributed by atoms with Gasteiger partial charge >= 0.3 is 0 Å². The van der Waals surface area contributed by atoms with Crippen molar-refractivity contribution < 1.29 is 0 Å². The quantitative estimate of drug-likeness (QED) is 0.345. The van der Waals surface area contributed by atoms with Crippen LogP contribution in [-0.4, -0.2) is 4.98 Å². The van der Waals surface area contributed by atoms with Crippen LogP contribution in [0.2, 0.25) is 0 Å². The number of hydrogen-bond donors (Lipinski definition) is 0.